The second-order valence-corrected chi connectivity index (χ2v) is 7.43. The van der Waals surface area contributed by atoms with Crippen LogP contribution in [0.2, 0.25) is 0 Å². The van der Waals surface area contributed by atoms with E-state index in [9.17, 15) is 5.26 Å². The molecule has 0 saturated heterocycles. The van der Waals surface area contributed by atoms with E-state index < -0.39 is 0 Å². The van der Waals surface area contributed by atoms with Crippen molar-refractivity contribution in [2.24, 2.45) is 0 Å². The van der Waals surface area contributed by atoms with Crippen LogP contribution >= 0.6 is 11.3 Å². The number of hydrogen-bond donors (Lipinski definition) is 0. The Kier molecular flexibility index (Phi) is 4.92. The Labute approximate surface area is 168 Å². The molecule has 0 unspecified atom stereocenters. The van der Waals surface area contributed by atoms with E-state index >= 15 is 0 Å². The molecule has 0 N–H and O–H groups in total. The summed E-state index contributed by atoms with van der Waals surface area (Å²) in [6.07, 6.45) is 1.94. The maximum atomic E-state index is 9.75. The zero-order valence-electron chi connectivity index (χ0n) is 15.8. The molecule has 4 rings (SSSR count). The number of aryl methyl sites for hydroxylation is 1. The van der Waals surface area contributed by atoms with E-state index in [1.54, 1.807) is 0 Å². The summed E-state index contributed by atoms with van der Waals surface area (Å²) in [6, 6.07) is 24.7. The van der Waals surface area contributed by atoms with Gasteiger partial charge in [0, 0.05) is 28.0 Å². The number of para-hydroxylation sites is 1. The number of rotatable bonds is 4. The largest absolute Gasteiger partial charge is 0.318 e. The van der Waals surface area contributed by atoms with Crippen molar-refractivity contribution in [1.82, 2.24) is 9.55 Å². The number of aromatic nitrogens is 2. The standard InChI is InChI=1S/C24H19N3S/c1-17-13-20(18(2)27(17)22-11-7-4-8-12-22)14-21(15-25)24-26-23(16-28-24)19-9-5-3-6-10-19/h3-14,16H,1-2H3. The Morgan fingerprint density at radius 1 is 1.04 bits per heavy atom. The molecule has 0 saturated carbocycles. The first kappa shape index (κ1) is 18.0. The molecule has 0 atom stereocenters. The number of benzene rings is 2. The van der Waals surface area contributed by atoms with Crippen LogP contribution < -0.4 is 0 Å². The predicted octanol–water partition coefficient (Wildman–Crippen LogP) is 6.28. The molecule has 3 nitrogen and oxygen atoms in total. The Bertz CT molecular complexity index is 1180. The van der Waals surface area contributed by atoms with Crippen molar-refractivity contribution < 1.29 is 0 Å². The molecule has 136 valence electrons. The van der Waals surface area contributed by atoms with E-state index in [2.05, 4.69) is 47.7 Å². The molecule has 0 fully saturated rings. The summed E-state index contributed by atoms with van der Waals surface area (Å²) < 4.78 is 2.21. The first-order chi connectivity index (χ1) is 13.7. The van der Waals surface area contributed by atoms with Crippen molar-refractivity contribution in [1.29, 1.82) is 5.26 Å². The summed E-state index contributed by atoms with van der Waals surface area (Å²) in [4.78, 5) is 4.69. The quantitative estimate of drug-likeness (QED) is 0.390. The third kappa shape index (κ3) is 3.40. The highest BCUT2D eigenvalue weighted by Gasteiger charge is 2.13. The lowest BCUT2D eigenvalue weighted by Gasteiger charge is -2.09. The fraction of sp³-hybridized carbons (Fsp3) is 0.0833. The number of thiazole rings is 1. The van der Waals surface area contributed by atoms with Gasteiger partial charge in [-0.2, -0.15) is 5.26 Å². The third-order valence-corrected chi connectivity index (χ3v) is 5.58. The molecule has 0 bridgehead atoms. The molecule has 0 aliphatic carbocycles. The number of nitriles is 1. The average Bonchev–Trinajstić information content (AvgIpc) is 3.32. The topological polar surface area (TPSA) is 41.6 Å². The summed E-state index contributed by atoms with van der Waals surface area (Å²) in [5, 5.41) is 12.5. The summed E-state index contributed by atoms with van der Waals surface area (Å²) >= 11 is 1.50. The van der Waals surface area contributed by atoms with Gasteiger partial charge < -0.3 is 4.57 Å². The highest BCUT2D eigenvalue weighted by Crippen LogP contribution is 2.29. The first-order valence-corrected chi connectivity index (χ1v) is 9.93. The molecular formula is C24H19N3S. The number of allylic oxidation sites excluding steroid dienone is 1. The van der Waals surface area contributed by atoms with Gasteiger partial charge in [0.2, 0.25) is 0 Å². The lowest BCUT2D eigenvalue weighted by molar-refractivity contribution is 0.964. The molecule has 28 heavy (non-hydrogen) atoms. The molecule has 2 aromatic heterocycles. The van der Waals surface area contributed by atoms with Gasteiger partial charge in [-0.25, -0.2) is 4.98 Å². The monoisotopic (exact) mass is 381 g/mol. The van der Waals surface area contributed by atoms with Crippen molar-refractivity contribution >= 4 is 23.0 Å². The van der Waals surface area contributed by atoms with Gasteiger partial charge in [0.15, 0.2) is 0 Å². The molecule has 4 heteroatoms. The number of nitrogens with zero attached hydrogens (tertiary/aromatic N) is 3. The SMILES string of the molecule is Cc1cc(C=C(C#N)c2nc(-c3ccccc3)cs2)c(C)n1-c1ccccc1. The lowest BCUT2D eigenvalue weighted by atomic mass is 10.1. The van der Waals surface area contributed by atoms with Crippen LogP contribution in [0.15, 0.2) is 72.1 Å². The molecule has 0 aliphatic rings. The van der Waals surface area contributed by atoms with Gasteiger partial charge in [-0.05, 0) is 43.7 Å². The first-order valence-electron chi connectivity index (χ1n) is 9.05. The van der Waals surface area contributed by atoms with Crippen molar-refractivity contribution in [2.75, 3.05) is 0 Å². The second kappa shape index (κ2) is 7.67. The van der Waals surface area contributed by atoms with E-state index in [1.807, 2.05) is 60.0 Å². The Morgan fingerprint density at radius 2 is 1.71 bits per heavy atom. The molecule has 4 aromatic rings. The van der Waals surface area contributed by atoms with Gasteiger partial charge in [-0.3, -0.25) is 0 Å². The Hall–Kier alpha value is -3.42. The molecular weight excluding hydrogens is 362 g/mol. The zero-order valence-corrected chi connectivity index (χ0v) is 16.6. The number of hydrogen-bond acceptors (Lipinski definition) is 3. The highest BCUT2D eigenvalue weighted by atomic mass is 32.1. The van der Waals surface area contributed by atoms with Gasteiger partial charge >= 0.3 is 0 Å². The predicted molar refractivity (Wildman–Crippen MR) is 116 cm³/mol. The maximum Gasteiger partial charge on any atom is 0.134 e. The second-order valence-electron chi connectivity index (χ2n) is 6.57. The minimum atomic E-state index is 0.584. The van der Waals surface area contributed by atoms with Gasteiger partial charge in [0.05, 0.1) is 11.3 Å². The smallest absolute Gasteiger partial charge is 0.134 e. The van der Waals surface area contributed by atoms with Gasteiger partial charge in [-0.15, -0.1) is 11.3 Å². The van der Waals surface area contributed by atoms with Crippen molar-refractivity contribution in [2.45, 2.75) is 13.8 Å². The third-order valence-electron chi connectivity index (χ3n) is 4.71. The molecule has 0 amide bonds. The van der Waals surface area contributed by atoms with Gasteiger partial charge in [-0.1, -0.05) is 48.5 Å². The average molecular weight is 382 g/mol. The minimum absolute atomic E-state index is 0.584. The fourth-order valence-electron chi connectivity index (χ4n) is 3.34. The van der Waals surface area contributed by atoms with Crippen LogP contribution in [-0.2, 0) is 0 Å². The van der Waals surface area contributed by atoms with E-state index in [1.165, 1.54) is 11.3 Å². The summed E-state index contributed by atoms with van der Waals surface area (Å²) in [5.41, 5.74) is 6.94. The van der Waals surface area contributed by atoms with Crippen LogP contribution in [0.3, 0.4) is 0 Å². The van der Waals surface area contributed by atoms with Crippen LogP contribution in [0, 0.1) is 25.2 Å². The van der Waals surface area contributed by atoms with Crippen LogP contribution in [0.5, 0.6) is 0 Å². The summed E-state index contributed by atoms with van der Waals surface area (Å²) in [6.45, 7) is 4.17. The normalized spacial score (nSPS) is 11.4. The Morgan fingerprint density at radius 3 is 2.39 bits per heavy atom. The molecule has 0 radical (unpaired) electrons. The van der Waals surface area contributed by atoms with E-state index in [4.69, 9.17) is 0 Å². The van der Waals surface area contributed by atoms with E-state index in [-0.39, 0.29) is 0 Å². The van der Waals surface area contributed by atoms with Crippen LogP contribution in [0.1, 0.15) is 22.0 Å². The van der Waals surface area contributed by atoms with Crippen molar-refractivity contribution in [3.8, 4) is 23.0 Å². The summed E-state index contributed by atoms with van der Waals surface area (Å²) in [7, 11) is 0. The maximum absolute atomic E-state index is 9.75. The molecule has 0 aliphatic heterocycles. The van der Waals surface area contributed by atoms with Crippen LogP contribution in [0.25, 0.3) is 28.6 Å². The molecule has 0 spiro atoms. The Balaban J connectivity index is 1.72. The van der Waals surface area contributed by atoms with Gasteiger partial charge in [0.1, 0.15) is 11.1 Å². The molecule has 2 heterocycles. The van der Waals surface area contributed by atoms with Crippen LogP contribution in [-0.4, -0.2) is 9.55 Å². The van der Waals surface area contributed by atoms with Crippen LogP contribution in [0.4, 0.5) is 0 Å². The van der Waals surface area contributed by atoms with E-state index in [0.717, 1.165) is 38.9 Å². The minimum Gasteiger partial charge on any atom is -0.318 e. The zero-order chi connectivity index (χ0) is 19.5. The van der Waals surface area contributed by atoms with Gasteiger partial charge in [0.25, 0.3) is 0 Å². The van der Waals surface area contributed by atoms with Crippen molar-refractivity contribution in [3.63, 3.8) is 0 Å². The molecule has 2 aromatic carbocycles. The fourth-order valence-corrected chi connectivity index (χ4v) is 4.14. The van der Waals surface area contributed by atoms with Crippen molar-refractivity contribution in [3.05, 3.63) is 94.1 Å². The summed E-state index contributed by atoms with van der Waals surface area (Å²) in [5.74, 6) is 0. The van der Waals surface area contributed by atoms with E-state index in [0.29, 0.717) is 5.57 Å². The highest BCUT2D eigenvalue weighted by molar-refractivity contribution is 7.11. The lowest BCUT2D eigenvalue weighted by Crippen LogP contribution is -1.98.